The number of benzene rings is 1. The fourth-order valence-corrected chi connectivity index (χ4v) is 1.18. The Balaban J connectivity index is 2.52. The Morgan fingerprint density at radius 1 is 1.47 bits per heavy atom. The lowest BCUT2D eigenvalue weighted by molar-refractivity contribution is -0.120. The second kappa shape index (κ2) is 5.20. The molecule has 0 radical (unpaired) electrons. The van der Waals surface area contributed by atoms with Crippen LogP contribution in [-0.2, 0) is 11.2 Å². The Hall–Kier alpha value is -1.77. The summed E-state index contributed by atoms with van der Waals surface area (Å²) in [4.78, 5) is 11.5. The Labute approximate surface area is 90.0 Å². The van der Waals surface area contributed by atoms with Gasteiger partial charge in [-0.3, -0.25) is 4.79 Å². The Kier molecular flexibility index (Phi) is 3.92. The van der Waals surface area contributed by atoms with Crippen molar-refractivity contribution in [3.8, 4) is 0 Å². The molecule has 0 saturated carbocycles. The van der Waals surface area contributed by atoms with Crippen molar-refractivity contribution >= 4 is 11.6 Å². The molecule has 15 heavy (non-hydrogen) atoms. The summed E-state index contributed by atoms with van der Waals surface area (Å²) < 4.78 is 0. The number of anilines is 1. The quantitative estimate of drug-likeness (QED) is 0.577. The number of nitrogens with one attached hydrogen (secondary N) is 1. The van der Waals surface area contributed by atoms with Crippen molar-refractivity contribution in [1.82, 2.24) is 5.32 Å². The first kappa shape index (κ1) is 11.3. The summed E-state index contributed by atoms with van der Waals surface area (Å²) in [5, 5.41) is 2.76. The van der Waals surface area contributed by atoms with Gasteiger partial charge in [-0.1, -0.05) is 30.4 Å². The van der Waals surface area contributed by atoms with Crippen LogP contribution in [0, 0.1) is 0 Å². The van der Waals surface area contributed by atoms with E-state index in [0.29, 0.717) is 18.7 Å². The standard InChI is InChI=1S/C12H16N2O/c1-9(2)8-14-12(15)7-10-5-3-4-6-11(10)13/h3-6H,1,7-8,13H2,2H3,(H,14,15). The molecule has 3 N–H and O–H groups in total. The molecule has 0 saturated heterocycles. The predicted octanol–water partition coefficient (Wildman–Crippen LogP) is 1.50. The molecule has 0 bridgehead atoms. The third-order valence-corrected chi connectivity index (χ3v) is 1.99. The van der Waals surface area contributed by atoms with E-state index in [-0.39, 0.29) is 5.91 Å². The van der Waals surface area contributed by atoms with Crippen LogP contribution in [0.1, 0.15) is 12.5 Å². The van der Waals surface area contributed by atoms with Crippen LogP contribution in [0.4, 0.5) is 5.69 Å². The fourth-order valence-electron chi connectivity index (χ4n) is 1.18. The zero-order chi connectivity index (χ0) is 11.3. The summed E-state index contributed by atoms with van der Waals surface area (Å²) >= 11 is 0. The summed E-state index contributed by atoms with van der Waals surface area (Å²) in [6.45, 7) is 6.10. The molecule has 1 aromatic carbocycles. The molecule has 1 aromatic rings. The monoisotopic (exact) mass is 204 g/mol. The van der Waals surface area contributed by atoms with Crippen molar-refractivity contribution in [1.29, 1.82) is 0 Å². The average molecular weight is 204 g/mol. The number of carbonyl (C=O) groups excluding carboxylic acids is 1. The molecule has 1 rings (SSSR count). The van der Waals surface area contributed by atoms with Crippen LogP contribution in [0.2, 0.25) is 0 Å². The summed E-state index contributed by atoms with van der Waals surface area (Å²) in [6.07, 6.45) is 0.319. The number of nitrogen functional groups attached to an aromatic ring is 1. The highest BCUT2D eigenvalue weighted by Crippen LogP contribution is 2.10. The average Bonchev–Trinajstić information content (AvgIpc) is 2.18. The van der Waals surface area contributed by atoms with Crippen LogP contribution >= 0.6 is 0 Å². The van der Waals surface area contributed by atoms with E-state index in [1.165, 1.54) is 0 Å². The van der Waals surface area contributed by atoms with Gasteiger partial charge >= 0.3 is 0 Å². The number of carbonyl (C=O) groups is 1. The van der Waals surface area contributed by atoms with Gasteiger partial charge in [0.05, 0.1) is 6.42 Å². The van der Waals surface area contributed by atoms with Crippen LogP contribution in [0.15, 0.2) is 36.4 Å². The van der Waals surface area contributed by atoms with Crippen LogP contribution in [0.25, 0.3) is 0 Å². The molecular weight excluding hydrogens is 188 g/mol. The number of rotatable bonds is 4. The molecule has 1 amide bonds. The molecule has 0 aliphatic carbocycles. The number of hydrogen-bond acceptors (Lipinski definition) is 2. The molecule has 0 fully saturated rings. The van der Waals surface area contributed by atoms with E-state index in [9.17, 15) is 4.79 Å². The van der Waals surface area contributed by atoms with Crippen molar-refractivity contribution in [3.05, 3.63) is 42.0 Å². The van der Waals surface area contributed by atoms with Crippen molar-refractivity contribution in [3.63, 3.8) is 0 Å². The molecule has 80 valence electrons. The number of para-hydroxylation sites is 1. The third-order valence-electron chi connectivity index (χ3n) is 1.99. The molecule has 3 nitrogen and oxygen atoms in total. The van der Waals surface area contributed by atoms with Crippen LogP contribution in [0.3, 0.4) is 0 Å². The molecular formula is C12H16N2O. The summed E-state index contributed by atoms with van der Waals surface area (Å²) in [7, 11) is 0. The van der Waals surface area contributed by atoms with Gasteiger partial charge in [0, 0.05) is 12.2 Å². The molecule has 0 aliphatic heterocycles. The van der Waals surface area contributed by atoms with Crippen LogP contribution in [0.5, 0.6) is 0 Å². The number of amides is 1. The molecule has 0 unspecified atom stereocenters. The largest absolute Gasteiger partial charge is 0.398 e. The van der Waals surface area contributed by atoms with E-state index in [2.05, 4.69) is 11.9 Å². The van der Waals surface area contributed by atoms with Gasteiger partial charge in [0.2, 0.25) is 5.91 Å². The first-order valence-corrected chi connectivity index (χ1v) is 4.84. The minimum Gasteiger partial charge on any atom is -0.398 e. The van der Waals surface area contributed by atoms with E-state index >= 15 is 0 Å². The molecule has 0 atom stereocenters. The SMILES string of the molecule is C=C(C)CNC(=O)Cc1ccccc1N. The molecule has 0 aromatic heterocycles. The zero-order valence-corrected chi connectivity index (χ0v) is 8.92. The van der Waals surface area contributed by atoms with Gasteiger partial charge in [-0.2, -0.15) is 0 Å². The first-order chi connectivity index (χ1) is 7.09. The lowest BCUT2D eigenvalue weighted by Crippen LogP contribution is -2.26. The Morgan fingerprint density at radius 2 is 2.13 bits per heavy atom. The van der Waals surface area contributed by atoms with Crippen molar-refractivity contribution in [2.75, 3.05) is 12.3 Å². The van der Waals surface area contributed by atoms with E-state index in [1.807, 2.05) is 25.1 Å². The minimum absolute atomic E-state index is 0.0316. The van der Waals surface area contributed by atoms with Crippen molar-refractivity contribution in [2.24, 2.45) is 0 Å². The Morgan fingerprint density at radius 3 is 2.73 bits per heavy atom. The fraction of sp³-hybridized carbons (Fsp3) is 0.250. The summed E-state index contributed by atoms with van der Waals surface area (Å²) in [5.41, 5.74) is 8.18. The number of hydrogen-bond donors (Lipinski definition) is 2. The molecule has 0 aliphatic rings. The van der Waals surface area contributed by atoms with Gasteiger partial charge in [0.15, 0.2) is 0 Å². The van der Waals surface area contributed by atoms with Gasteiger partial charge in [0.1, 0.15) is 0 Å². The predicted molar refractivity (Wildman–Crippen MR) is 62.4 cm³/mol. The van der Waals surface area contributed by atoms with E-state index in [1.54, 1.807) is 6.07 Å². The first-order valence-electron chi connectivity index (χ1n) is 4.84. The van der Waals surface area contributed by atoms with Gasteiger partial charge in [0.25, 0.3) is 0 Å². The second-order valence-electron chi connectivity index (χ2n) is 3.61. The van der Waals surface area contributed by atoms with E-state index in [0.717, 1.165) is 11.1 Å². The molecule has 3 heteroatoms. The van der Waals surface area contributed by atoms with Crippen molar-refractivity contribution < 1.29 is 4.79 Å². The maximum absolute atomic E-state index is 11.5. The summed E-state index contributed by atoms with van der Waals surface area (Å²) in [6, 6.07) is 7.37. The highest BCUT2D eigenvalue weighted by molar-refractivity contribution is 5.80. The molecule has 0 heterocycles. The number of nitrogens with two attached hydrogens (primary N) is 1. The van der Waals surface area contributed by atoms with Gasteiger partial charge in [-0.15, -0.1) is 0 Å². The normalized spacial score (nSPS) is 9.67. The van der Waals surface area contributed by atoms with Gasteiger partial charge < -0.3 is 11.1 Å². The minimum atomic E-state index is -0.0316. The second-order valence-corrected chi connectivity index (χ2v) is 3.61. The smallest absolute Gasteiger partial charge is 0.224 e. The van der Waals surface area contributed by atoms with Gasteiger partial charge in [-0.25, -0.2) is 0 Å². The molecule has 0 spiro atoms. The van der Waals surface area contributed by atoms with Crippen molar-refractivity contribution in [2.45, 2.75) is 13.3 Å². The topological polar surface area (TPSA) is 55.1 Å². The maximum atomic E-state index is 11.5. The third kappa shape index (κ3) is 3.85. The maximum Gasteiger partial charge on any atom is 0.224 e. The van der Waals surface area contributed by atoms with E-state index in [4.69, 9.17) is 5.73 Å². The van der Waals surface area contributed by atoms with Gasteiger partial charge in [-0.05, 0) is 18.6 Å². The zero-order valence-electron chi connectivity index (χ0n) is 8.92. The highest BCUT2D eigenvalue weighted by Gasteiger charge is 2.04. The van der Waals surface area contributed by atoms with Crippen LogP contribution < -0.4 is 11.1 Å². The lowest BCUT2D eigenvalue weighted by atomic mass is 10.1. The summed E-state index contributed by atoms with van der Waals surface area (Å²) in [5.74, 6) is -0.0316. The van der Waals surface area contributed by atoms with E-state index < -0.39 is 0 Å². The highest BCUT2D eigenvalue weighted by atomic mass is 16.1. The van der Waals surface area contributed by atoms with Crippen LogP contribution in [-0.4, -0.2) is 12.5 Å². The lowest BCUT2D eigenvalue weighted by Gasteiger charge is -2.06. The Bertz CT molecular complexity index is 372.